The van der Waals surface area contributed by atoms with E-state index in [4.69, 9.17) is 0 Å². The lowest BCUT2D eigenvalue weighted by atomic mass is 10.4. The lowest BCUT2D eigenvalue weighted by molar-refractivity contribution is 0.0799. The molecule has 1 amide bonds. The molecule has 0 fully saturated rings. The molecule has 0 aliphatic rings. The molecule has 0 spiro atoms. The second-order valence-corrected chi connectivity index (χ2v) is 4.21. The molecule has 0 radical (unpaired) electrons. The Morgan fingerprint density at radius 1 is 1.69 bits per heavy atom. The molecule has 1 aromatic heterocycles. The summed E-state index contributed by atoms with van der Waals surface area (Å²) in [7, 11) is 1.82. The second-order valence-electron chi connectivity index (χ2n) is 2.97. The quantitative estimate of drug-likeness (QED) is 0.743. The highest BCUT2D eigenvalue weighted by Gasteiger charge is 2.12. The Kier molecular flexibility index (Phi) is 3.42. The van der Waals surface area contributed by atoms with E-state index in [2.05, 4.69) is 11.9 Å². The van der Waals surface area contributed by atoms with E-state index < -0.39 is 0 Å². The zero-order valence-electron chi connectivity index (χ0n) is 8.20. The third-order valence-corrected chi connectivity index (χ3v) is 2.64. The lowest BCUT2D eigenvalue weighted by Crippen LogP contribution is -2.26. The zero-order chi connectivity index (χ0) is 9.84. The molecule has 0 saturated carbocycles. The number of amides is 1. The highest BCUT2D eigenvalue weighted by Crippen LogP contribution is 2.13. The van der Waals surface area contributed by atoms with Gasteiger partial charge in [0.2, 0.25) is 0 Å². The van der Waals surface area contributed by atoms with E-state index in [1.807, 2.05) is 14.0 Å². The smallest absolute Gasteiger partial charge is 0.265 e. The predicted octanol–water partition coefficient (Wildman–Crippen LogP) is 1.93. The van der Waals surface area contributed by atoms with E-state index in [-0.39, 0.29) is 5.91 Å². The molecular weight excluding hydrogens is 184 g/mol. The first kappa shape index (κ1) is 10.2. The molecule has 72 valence electrons. The Labute approximate surface area is 82.4 Å². The Balaban J connectivity index is 2.67. The second kappa shape index (κ2) is 4.37. The van der Waals surface area contributed by atoms with Crippen LogP contribution >= 0.6 is 11.3 Å². The first-order valence-electron chi connectivity index (χ1n) is 4.33. The molecule has 0 N–H and O–H groups in total. The molecule has 0 aliphatic heterocycles. The normalized spacial score (nSPS) is 10.1. The third kappa shape index (κ3) is 2.52. The summed E-state index contributed by atoms with van der Waals surface area (Å²) < 4.78 is 0. The first-order valence-corrected chi connectivity index (χ1v) is 5.14. The van der Waals surface area contributed by atoms with Crippen molar-refractivity contribution >= 4 is 17.2 Å². The van der Waals surface area contributed by atoms with Crippen molar-refractivity contribution in [2.45, 2.75) is 20.3 Å². The topological polar surface area (TPSA) is 33.2 Å². The number of carbonyl (C=O) groups is 1. The molecule has 1 heterocycles. The SMILES string of the molecule is CCCN(C)C(=O)c1cnc(C)s1. The number of carbonyl (C=O) groups excluding carboxylic acids is 1. The number of aryl methyl sites for hydroxylation is 1. The van der Waals surface area contributed by atoms with E-state index in [0.717, 1.165) is 22.9 Å². The summed E-state index contributed by atoms with van der Waals surface area (Å²) in [5, 5.41) is 0.938. The van der Waals surface area contributed by atoms with Crippen LogP contribution in [0.1, 0.15) is 28.0 Å². The van der Waals surface area contributed by atoms with Crippen LogP contribution in [0.3, 0.4) is 0 Å². The first-order chi connectivity index (χ1) is 6.15. The van der Waals surface area contributed by atoms with Gasteiger partial charge in [-0.2, -0.15) is 0 Å². The maximum Gasteiger partial charge on any atom is 0.265 e. The average Bonchev–Trinajstić information content (AvgIpc) is 2.51. The number of thiazole rings is 1. The monoisotopic (exact) mass is 198 g/mol. The van der Waals surface area contributed by atoms with Gasteiger partial charge in [0, 0.05) is 13.6 Å². The van der Waals surface area contributed by atoms with Crippen LogP contribution in [0.15, 0.2) is 6.20 Å². The largest absolute Gasteiger partial charge is 0.341 e. The number of nitrogens with zero attached hydrogens (tertiary/aromatic N) is 2. The van der Waals surface area contributed by atoms with Gasteiger partial charge in [-0.25, -0.2) is 4.98 Å². The molecule has 1 aromatic rings. The average molecular weight is 198 g/mol. The molecule has 0 bridgehead atoms. The Bertz CT molecular complexity index is 296. The van der Waals surface area contributed by atoms with Crippen LogP contribution < -0.4 is 0 Å². The molecule has 0 atom stereocenters. The van der Waals surface area contributed by atoms with Crippen molar-refractivity contribution < 1.29 is 4.79 Å². The van der Waals surface area contributed by atoms with Crippen LogP contribution in [-0.4, -0.2) is 29.4 Å². The van der Waals surface area contributed by atoms with Gasteiger partial charge in [0.25, 0.3) is 5.91 Å². The fourth-order valence-electron chi connectivity index (χ4n) is 1.09. The standard InChI is InChI=1S/C9H14N2OS/c1-4-5-11(3)9(12)8-6-10-7(2)13-8/h6H,4-5H2,1-3H3. The van der Waals surface area contributed by atoms with Crippen LogP contribution in [0.2, 0.25) is 0 Å². The van der Waals surface area contributed by atoms with E-state index >= 15 is 0 Å². The minimum Gasteiger partial charge on any atom is -0.341 e. The van der Waals surface area contributed by atoms with Gasteiger partial charge < -0.3 is 4.90 Å². The van der Waals surface area contributed by atoms with Gasteiger partial charge in [0.1, 0.15) is 4.88 Å². The van der Waals surface area contributed by atoms with Crippen molar-refractivity contribution in [1.29, 1.82) is 0 Å². The summed E-state index contributed by atoms with van der Waals surface area (Å²) in [4.78, 5) is 18.2. The Morgan fingerprint density at radius 3 is 2.85 bits per heavy atom. The molecule has 1 rings (SSSR count). The summed E-state index contributed by atoms with van der Waals surface area (Å²) in [5.74, 6) is 0.0763. The van der Waals surface area contributed by atoms with E-state index in [1.54, 1.807) is 11.1 Å². The molecule has 3 nitrogen and oxygen atoms in total. The van der Waals surface area contributed by atoms with Crippen LogP contribution in [0.4, 0.5) is 0 Å². The van der Waals surface area contributed by atoms with Crippen LogP contribution in [0.5, 0.6) is 0 Å². The molecule has 13 heavy (non-hydrogen) atoms. The van der Waals surface area contributed by atoms with E-state index in [9.17, 15) is 4.79 Å². The highest BCUT2D eigenvalue weighted by atomic mass is 32.1. The summed E-state index contributed by atoms with van der Waals surface area (Å²) >= 11 is 1.45. The maximum atomic E-state index is 11.6. The molecule has 0 saturated heterocycles. The molecule has 0 unspecified atom stereocenters. The van der Waals surface area contributed by atoms with Gasteiger partial charge in [0.05, 0.1) is 11.2 Å². The van der Waals surface area contributed by atoms with Crippen molar-refractivity contribution in [1.82, 2.24) is 9.88 Å². The summed E-state index contributed by atoms with van der Waals surface area (Å²) in [6, 6.07) is 0. The maximum absolute atomic E-state index is 11.6. The number of aromatic nitrogens is 1. The molecule has 0 aliphatic carbocycles. The van der Waals surface area contributed by atoms with Crippen LogP contribution in [0.25, 0.3) is 0 Å². The molecular formula is C9H14N2OS. The zero-order valence-corrected chi connectivity index (χ0v) is 9.02. The summed E-state index contributed by atoms with van der Waals surface area (Å²) in [6.07, 6.45) is 2.63. The van der Waals surface area contributed by atoms with Gasteiger partial charge in [-0.05, 0) is 13.3 Å². The van der Waals surface area contributed by atoms with Gasteiger partial charge in [0.15, 0.2) is 0 Å². The lowest BCUT2D eigenvalue weighted by Gasteiger charge is -2.13. The van der Waals surface area contributed by atoms with E-state index in [1.165, 1.54) is 11.3 Å². The molecule has 0 aromatic carbocycles. The predicted molar refractivity (Wildman–Crippen MR) is 54.1 cm³/mol. The van der Waals surface area contributed by atoms with Crippen LogP contribution in [-0.2, 0) is 0 Å². The van der Waals surface area contributed by atoms with Crippen molar-refractivity contribution in [2.75, 3.05) is 13.6 Å². The number of rotatable bonds is 3. The fourth-order valence-corrected chi connectivity index (χ4v) is 1.86. The van der Waals surface area contributed by atoms with Crippen molar-refractivity contribution in [3.63, 3.8) is 0 Å². The van der Waals surface area contributed by atoms with E-state index in [0.29, 0.717) is 0 Å². The number of hydrogen-bond donors (Lipinski definition) is 0. The summed E-state index contributed by atoms with van der Waals surface area (Å²) in [5.41, 5.74) is 0. The fraction of sp³-hybridized carbons (Fsp3) is 0.556. The van der Waals surface area contributed by atoms with Gasteiger partial charge >= 0.3 is 0 Å². The Morgan fingerprint density at radius 2 is 2.38 bits per heavy atom. The minimum atomic E-state index is 0.0763. The number of hydrogen-bond acceptors (Lipinski definition) is 3. The van der Waals surface area contributed by atoms with Crippen molar-refractivity contribution in [3.8, 4) is 0 Å². The van der Waals surface area contributed by atoms with Gasteiger partial charge in [-0.15, -0.1) is 11.3 Å². The highest BCUT2D eigenvalue weighted by molar-refractivity contribution is 7.13. The van der Waals surface area contributed by atoms with Gasteiger partial charge in [-0.1, -0.05) is 6.92 Å². The van der Waals surface area contributed by atoms with Crippen LogP contribution in [0, 0.1) is 6.92 Å². The molecule has 4 heteroatoms. The minimum absolute atomic E-state index is 0.0763. The summed E-state index contributed by atoms with van der Waals surface area (Å²) in [6.45, 7) is 4.76. The van der Waals surface area contributed by atoms with Crippen molar-refractivity contribution in [2.24, 2.45) is 0 Å². The van der Waals surface area contributed by atoms with Crippen molar-refractivity contribution in [3.05, 3.63) is 16.1 Å². The Hall–Kier alpha value is -0.900. The van der Waals surface area contributed by atoms with Gasteiger partial charge in [-0.3, -0.25) is 4.79 Å². The third-order valence-electron chi connectivity index (χ3n) is 1.74.